The van der Waals surface area contributed by atoms with Crippen molar-refractivity contribution in [1.82, 2.24) is 20.5 Å². The van der Waals surface area contributed by atoms with Crippen molar-refractivity contribution in [3.05, 3.63) is 87.4 Å². The number of halogens is 2. The molecule has 0 spiro atoms. The summed E-state index contributed by atoms with van der Waals surface area (Å²) < 4.78 is 5.95. The number of aromatic nitrogens is 3. The Morgan fingerprint density at radius 1 is 1.06 bits per heavy atom. The number of pyridine rings is 1. The van der Waals surface area contributed by atoms with Crippen molar-refractivity contribution in [2.75, 3.05) is 5.01 Å². The van der Waals surface area contributed by atoms with E-state index in [0.29, 0.717) is 11.1 Å². The average Bonchev–Trinajstić information content (AvgIpc) is 2.84. The van der Waals surface area contributed by atoms with Crippen molar-refractivity contribution in [3.63, 3.8) is 0 Å². The Labute approximate surface area is 207 Å². The lowest BCUT2D eigenvalue weighted by atomic mass is 10.0. The highest BCUT2D eigenvalue weighted by Gasteiger charge is 2.25. The summed E-state index contributed by atoms with van der Waals surface area (Å²) in [7, 11) is 0. The first-order valence-electron chi connectivity index (χ1n) is 10.1. The Balaban J connectivity index is 1.54. The lowest BCUT2D eigenvalue weighted by molar-refractivity contribution is 0.248. The second kappa shape index (κ2) is 8.75. The second-order valence-corrected chi connectivity index (χ2v) is 8.22. The SMILES string of the molecule is C=C1NC(=O)N(c2cc(Cl)c(Oc3n[nH]c(=O)cc3-c3ccc4ncccc4c3)c(Cl)c2)N=C1N. The van der Waals surface area contributed by atoms with Crippen LogP contribution in [0.2, 0.25) is 10.0 Å². The lowest BCUT2D eigenvalue weighted by Crippen LogP contribution is -2.45. The highest BCUT2D eigenvalue weighted by Crippen LogP contribution is 2.41. The van der Waals surface area contributed by atoms with Crippen molar-refractivity contribution in [3.8, 4) is 22.8 Å². The number of amidine groups is 1. The number of ether oxygens (including phenoxy) is 1. The molecule has 0 bridgehead atoms. The molecule has 2 amide bonds. The molecule has 1 aliphatic heterocycles. The molecule has 1 aliphatic rings. The smallest absolute Gasteiger partial charge is 0.347 e. The van der Waals surface area contributed by atoms with Gasteiger partial charge in [0.15, 0.2) is 11.6 Å². The number of urea groups is 1. The van der Waals surface area contributed by atoms with Gasteiger partial charge in [0.25, 0.3) is 5.56 Å². The van der Waals surface area contributed by atoms with Gasteiger partial charge in [0, 0.05) is 17.6 Å². The summed E-state index contributed by atoms with van der Waals surface area (Å²) >= 11 is 12.9. The Kier molecular flexibility index (Phi) is 5.59. The number of anilines is 1. The zero-order valence-electron chi connectivity index (χ0n) is 17.8. The molecular formula is C23H15Cl2N7O3. The first kappa shape index (κ1) is 22.4. The molecule has 174 valence electrons. The van der Waals surface area contributed by atoms with Gasteiger partial charge >= 0.3 is 6.03 Å². The predicted molar refractivity (Wildman–Crippen MR) is 134 cm³/mol. The number of hydrogen-bond donors (Lipinski definition) is 3. The van der Waals surface area contributed by atoms with E-state index in [1.807, 2.05) is 24.3 Å². The van der Waals surface area contributed by atoms with E-state index in [1.54, 1.807) is 12.3 Å². The van der Waals surface area contributed by atoms with E-state index in [0.717, 1.165) is 15.9 Å². The van der Waals surface area contributed by atoms with Gasteiger partial charge in [0.1, 0.15) is 0 Å². The maximum atomic E-state index is 12.3. The van der Waals surface area contributed by atoms with E-state index >= 15 is 0 Å². The van der Waals surface area contributed by atoms with Crippen molar-refractivity contribution in [1.29, 1.82) is 0 Å². The van der Waals surface area contributed by atoms with Gasteiger partial charge in [-0.25, -0.2) is 9.89 Å². The van der Waals surface area contributed by atoms with Crippen LogP contribution >= 0.6 is 23.2 Å². The number of hydrazone groups is 1. The number of nitrogens with zero attached hydrogens (tertiary/aromatic N) is 4. The van der Waals surface area contributed by atoms with Crippen molar-refractivity contribution >= 4 is 51.7 Å². The molecule has 0 unspecified atom stereocenters. The molecule has 12 heteroatoms. The molecule has 0 saturated carbocycles. The van der Waals surface area contributed by atoms with Crippen LogP contribution in [0.5, 0.6) is 11.6 Å². The lowest BCUT2D eigenvalue weighted by Gasteiger charge is -2.24. The van der Waals surface area contributed by atoms with Crippen LogP contribution in [-0.2, 0) is 0 Å². The molecule has 0 atom stereocenters. The molecule has 10 nitrogen and oxygen atoms in total. The van der Waals surface area contributed by atoms with Crippen molar-refractivity contribution in [2.24, 2.45) is 10.8 Å². The average molecular weight is 508 g/mol. The van der Waals surface area contributed by atoms with Crippen LogP contribution in [0.1, 0.15) is 0 Å². The predicted octanol–water partition coefficient (Wildman–Crippen LogP) is 4.40. The molecule has 2 aromatic carbocycles. The van der Waals surface area contributed by atoms with Gasteiger partial charge in [-0.2, -0.15) is 5.01 Å². The summed E-state index contributed by atoms with van der Waals surface area (Å²) in [6.07, 6.45) is 1.70. The monoisotopic (exact) mass is 507 g/mol. The highest BCUT2D eigenvalue weighted by atomic mass is 35.5. The third kappa shape index (κ3) is 4.27. The van der Waals surface area contributed by atoms with Crippen LogP contribution < -0.4 is 26.4 Å². The number of benzene rings is 2. The maximum absolute atomic E-state index is 12.3. The minimum atomic E-state index is -0.583. The summed E-state index contributed by atoms with van der Waals surface area (Å²) in [5.41, 5.74) is 7.67. The van der Waals surface area contributed by atoms with Crippen LogP contribution in [0, 0.1) is 0 Å². The van der Waals surface area contributed by atoms with Gasteiger partial charge < -0.3 is 15.8 Å². The molecular weight excluding hydrogens is 493 g/mol. The number of nitrogens with one attached hydrogen (secondary N) is 2. The third-order valence-electron chi connectivity index (χ3n) is 5.08. The highest BCUT2D eigenvalue weighted by molar-refractivity contribution is 6.37. The largest absolute Gasteiger partial charge is 0.434 e. The normalized spacial score (nSPS) is 13.5. The van der Waals surface area contributed by atoms with E-state index in [4.69, 9.17) is 33.7 Å². The molecule has 2 aromatic heterocycles. The molecule has 5 rings (SSSR count). The first-order valence-corrected chi connectivity index (χ1v) is 10.8. The van der Waals surface area contributed by atoms with Gasteiger partial charge in [-0.15, -0.1) is 10.2 Å². The van der Waals surface area contributed by atoms with E-state index in [-0.39, 0.29) is 38.9 Å². The number of hydrogen-bond acceptors (Lipinski definition) is 7. The molecule has 0 fully saturated rings. The van der Waals surface area contributed by atoms with Crippen molar-refractivity contribution < 1.29 is 9.53 Å². The van der Waals surface area contributed by atoms with Crippen molar-refractivity contribution in [2.45, 2.75) is 0 Å². The molecule has 4 aromatic rings. The van der Waals surface area contributed by atoms with Crippen LogP contribution in [0.3, 0.4) is 0 Å². The van der Waals surface area contributed by atoms with E-state index in [2.05, 4.69) is 32.2 Å². The molecule has 0 aliphatic carbocycles. The number of aromatic amines is 1. The van der Waals surface area contributed by atoms with Gasteiger partial charge in [-0.3, -0.25) is 9.78 Å². The minimum Gasteiger partial charge on any atom is -0.434 e. The fourth-order valence-electron chi connectivity index (χ4n) is 3.42. The topological polar surface area (TPSA) is 139 Å². The Morgan fingerprint density at radius 2 is 1.83 bits per heavy atom. The summed E-state index contributed by atoms with van der Waals surface area (Å²) in [6.45, 7) is 3.60. The summed E-state index contributed by atoms with van der Waals surface area (Å²) in [5.74, 6) is 0.169. The zero-order valence-corrected chi connectivity index (χ0v) is 19.3. The third-order valence-corrected chi connectivity index (χ3v) is 5.64. The van der Waals surface area contributed by atoms with Crippen LogP contribution in [0.25, 0.3) is 22.0 Å². The van der Waals surface area contributed by atoms with E-state index in [9.17, 15) is 9.59 Å². The number of carbonyl (C=O) groups excluding carboxylic acids is 1. The maximum Gasteiger partial charge on any atom is 0.347 e. The first-order chi connectivity index (χ1) is 16.8. The van der Waals surface area contributed by atoms with Gasteiger partial charge in [-0.1, -0.05) is 41.9 Å². The quantitative estimate of drug-likeness (QED) is 0.374. The standard InChI is InChI=1S/C23H15Cl2N7O3/c1-11-21(26)31-32(23(34)28-11)14-8-16(24)20(17(25)9-14)35-22-15(10-19(33)29-30-22)12-4-5-18-13(7-12)3-2-6-27-18/h2-10H,1H2,(H2,26,31)(H,28,34)(H,29,33). The summed E-state index contributed by atoms with van der Waals surface area (Å²) in [4.78, 5) is 28.7. The number of H-pyrrole nitrogens is 1. The summed E-state index contributed by atoms with van der Waals surface area (Å²) in [6, 6.07) is 12.9. The number of rotatable bonds is 4. The van der Waals surface area contributed by atoms with E-state index in [1.165, 1.54) is 18.2 Å². The number of amides is 2. The molecule has 4 N–H and O–H groups in total. The van der Waals surface area contributed by atoms with Crippen LogP contribution in [0.4, 0.5) is 10.5 Å². The number of nitrogens with two attached hydrogens (primary N) is 1. The number of fused-ring (bicyclic) bond motifs is 1. The zero-order chi connectivity index (χ0) is 24.7. The summed E-state index contributed by atoms with van der Waals surface area (Å²) in [5, 5.41) is 14.9. The molecule has 0 saturated heterocycles. The fourth-order valence-corrected chi connectivity index (χ4v) is 3.97. The van der Waals surface area contributed by atoms with E-state index < -0.39 is 11.6 Å². The van der Waals surface area contributed by atoms with Gasteiger partial charge in [0.2, 0.25) is 5.88 Å². The second-order valence-electron chi connectivity index (χ2n) is 7.41. The van der Waals surface area contributed by atoms with Crippen LogP contribution in [0.15, 0.2) is 76.9 Å². The van der Waals surface area contributed by atoms with Gasteiger partial charge in [0.05, 0.1) is 32.5 Å². The molecule has 3 heterocycles. The Morgan fingerprint density at radius 3 is 2.60 bits per heavy atom. The molecule has 35 heavy (non-hydrogen) atoms. The minimum absolute atomic E-state index is 0.0323. The fraction of sp³-hybridized carbons (Fsp3) is 0. The Hall–Kier alpha value is -4.41. The van der Waals surface area contributed by atoms with Gasteiger partial charge in [-0.05, 0) is 35.9 Å². The number of carbonyl (C=O) groups is 1. The Bertz CT molecular complexity index is 1590. The van der Waals surface area contributed by atoms with Crippen LogP contribution in [-0.4, -0.2) is 27.0 Å². The molecule has 0 radical (unpaired) electrons.